The van der Waals surface area contributed by atoms with Gasteiger partial charge in [-0.15, -0.1) is 0 Å². The van der Waals surface area contributed by atoms with Crippen molar-refractivity contribution in [1.82, 2.24) is 15.3 Å². The smallest absolute Gasteiger partial charge is 0.339 e. The highest BCUT2D eigenvalue weighted by Crippen LogP contribution is 2.21. The van der Waals surface area contributed by atoms with Gasteiger partial charge in [-0.3, -0.25) is 4.79 Å². The number of hydrogen-bond acceptors (Lipinski definition) is 6. The Morgan fingerprint density at radius 1 is 1.07 bits per heavy atom. The third kappa shape index (κ3) is 5.13. The number of nitrogens with one attached hydrogen (secondary N) is 2. The largest absolute Gasteiger partial charge is 0.465 e. The Hall–Kier alpha value is -3.81. The lowest BCUT2D eigenvalue weighted by Gasteiger charge is -2.12. The van der Waals surface area contributed by atoms with E-state index in [0.717, 1.165) is 5.56 Å². The highest BCUT2D eigenvalue weighted by Gasteiger charge is 2.14. The van der Waals surface area contributed by atoms with Crippen LogP contribution in [0.15, 0.2) is 54.6 Å². The fraction of sp³-hybridized carbons (Fsp3) is 0.143. The van der Waals surface area contributed by atoms with E-state index >= 15 is 0 Å². The SMILES string of the molecule is COC(=O)c1ccccc1Nc1cc(C(=O)NCc2ccc(F)cc2)nc(C)n1. The number of carbonyl (C=O) groups excluding carboxylic acids is 2. The van der Waals surface area contributed by atoms with E-state index in [4.69, 9.17) is 4.74 Å². The quantitative estimate of drug-likeness (QED) is 0.623. The first kappa shape index (κ1) is 19.9. The number of aryl methyl sites for hydroxylation is 1. The minimum absolute atomic E-state index is 0.165. The Bertz CT molecular complexity index is 1040. The van der Waals surface area contributed by atoms with Gasteiger partial charge in [-0.1, -0.05) is 24.3 Å². The van der Waals surface area contributed by atoms with Gasteiger partial charge in [-0.25, -0.2) is 19.2 Å². The van der Waals surface area contributed by atoms with E-state index in [9.17, 15) is 14.0 Å². The van der Waals surface area contributed by atoms with Gasteiger partial charge in [-0.2, -0.15) is 0 Å². The summed E-state index contributed by atoms with van der Waals surface area (Å²) in [5.74, 6) is -0.479. The Balaban J connectivity index is 1.77. The second-order valence-corrected chi connectivity index (χ2v) is 6.16. The molecule has 0 aliphatic heterocycles. The standard InChI is InChI=1S/C21H19FN4O3/c1-13-24-18(20(27)23-12-14-7-9-15(22)10-8-14)11-19(25-13)26-17-6-4-3-5-16(17)21(28)29-2/h3-11H,12H2,1-2H3,(H,23,27)(H,24,25,26). The third-order valence-corrected chi connectivity index (χ3v) is 4.03. The van der Waals surface area contributed by atoms with Crippen LogP contribution in [0.2, 0.25) is 0 Å². The van der Waals surface area contributed by atoms with Crippen LogP contribution in [0.4, 0.5) is 15.9 Å². The van der Waals surface area contributed by atoms with Crippen LogP contribution >= 0.6 is 0 Å². The van der Waals surface area contributed by atoms with Crippen molar-refractivity contribution in [2.75, 3.05) is 12.4 Å². The molecule has 1 heterocycles. The van der Waals surface area contributed by atoms with Crippen molar-refractivity contribution in [2.24, 2.45) is 0 Å². The summed E-state index contributed by atoms with van der Waals surface area (Å²) < 4.78 is 17.8. The zero-order valence-electron chi connectivity index (χ0n) is 15.9. The average molecular weight is 394 g/mol. The summed E-state index contributed by atoms with van der Waals surface area (Å²) in [6.07, 6.45) is 0. The number of rotatable bonds is 6. The first-order valence-electron chi connectivity index (χ1n) is 8.79. The van der Waals surface area contributed by atoms with Gasteiger partial charge in [0.2, 0.25) is 0 Å². The van der Waals surface area contributed by atoms with Crippen molar-refractivity contribution >= 4 is 23.4 Å². The zero-order chi connectivity index (χ0) is 20.8. The lowest BCUT2D eigenvalue weighted by molar-refractivity contribution is 0.0601. The first-order chi connectivity index (χ1) is 14.0. The minimum atomic E-state index is -0.490. The number of hydrogen-bond donors (Lipinski definition) is 2. The molecular weight excluding hydrogens is 375 g/mol. The molecule has 0 bridgehead atoms. The summed E-state index contributed by atoms with van der Waals surface area (Å²) in [4.78, 5) is 32.8. The van der Waals surface area contributed by atoms with Gasteiger partial charge in [0.15, 0.2) is 0 Å². The molecule has 0 radical (unpaired) electrons. The molecule has 0 aliphatic rings. The molecule has 7 nitrogen and oxygen atoms in total. The van der Waals surface area contributed by atoms with Gasteiger partial charge < -0.3 is 15.4 Å². The number of benzene rings is 2. The van der Waals surface area contributed by atoms with Crippen LogP contribution in [-0.4, -0.2) is 29.0 Å². The summed E-state index contributed by atoms with van der Waals surface area (Å²) >= 11 is 0. The van der Waals surface area contributed by atoms with Crippen molar-refractivity contribution in [2.45, 2.75) is 13.5 Å². The van der Waals surface area contributed by atoms with Crippen LogP contribution in [0.25, 0.3) is 0 Å². The second kappa shape index (κ2) is 8.92. The number of nitrogens with zero attached hydrogens (tertiary/aromatic N) is 2. The predicted molar refractivity (Wildman–Crippen MR) is 105 cm³/mol. The number of esters is 1. The molecule has 1 aromatic heterocycles. The summed E-state index contributed by atoms with van der Waals surface area (Å²) in [5.41, 5.74) is 1.76. The fourth-order valence-electron chi connectivity index (χ4n) is 2.64. The van der Waals surface area contributed by atoms with Crippen molar-refractivity contribution in [3.63, 3.8) is 0 Å². The Morgan fingerprint density at radius 3 is 2.52 bits per heavy atom. The molecule has 29 heavy (non-hydrogen) atoms. The maximum atomic E-state index is 13.0. The number of halogens is 1. The van der Waals surface area contributed by atoms with E-state index in [1.165, 1.54) is 25.3 Å². The minimum Gasteiger partial charge on any atom is -0.465 e. The maximum Gasteiger partial charge on any atom is 0.339 e. The van der Waals surface area contributed by atoms with Gasteiger partial charge in [0, 0.05) is 12.6 Å². The van der Waals surface area contributed by atoms with Gasteiger partial charge in [0.05, 0.1) is 18.4 Å². The van der Waals surface area contributed by atoms with Crippen LogP contribution in [-0.2, 0) is 11.3 Å². The van der Waals surface area contributed by atoms with Gasteiger partial charge in [0.1, 0.15) is 23.2 Å². The molecule has 0 saturated carbocycles. The van der Waals surface area contributed by atoms with E-state index in [0.29, 0.717) is 22.9 Å². The fourth-order valence-corrected chi connectivity index (χ4v) is 2.64. The molecule has 8 heteroatoms. The van der Waals surface area contributed by atoms with Crippen LogP contribution < -0.4 is 10.6 Å². The molecule has 0 spiro atoms. The monoisotopic (exact) mass is 394 g/mol. The number of para-hydroxylation sites is 1. The van der Waals surface area contributed by atoms with Crippen LogP contribution in [0, 0.1) is 12.7 Å². The molecule has 0 atom stereocenters. The molecular formula is C21H19FN4O3. The maximum absolute atomic E-state index is 13.0. The van der Waals surface area contributed by atoms with E-state index in [1.807, 2.05) is 0 Å². The topological polar surface area (TPSA) is 93.2 Å². The van der Waals surface area contributed by atoms with Crippen LogP contribution in [0.5, 0.6) is 0 Å². The normalized spacial score (nSPS) is 10.3. The molecule has 3 rings (SSSR count). The van der Waals surface area contributed by atoms with Crippen molar-refractivity contribution in [3.05, 3.63) is 83.1 Å². The molecule has 0 fully saturated rings. The summed E-state index contributed by atoms with van der Waals surface area (Å²) in [5, 5.41) is 5.77. The molecule has 1 amide bonds. The van der Waals surface area contributed by atoms with Gasteiger partial charge >= 0.3 is 5.97 Å². The van der Waals surface area contributed by atoms with Crippen LogP contribution in [0.3, 0.4) is 0 Å². The van der Waals surface area contributed by atoms with Gasteiger partial charge in [-0.05, 0) is 36.8 Å². The first-order valence-corrected chi connectivity index (χ1v) is 8.79. The molecule has 2 N–H and O–H groups in total. The van der Waals surface area contributed by atoms with Crippen LogP contribution in [0.1, 0.15) is 32.2 Å². The highest BCUT2D eigenvalue weighted by molar-refractivity contribution is 5.97. The number of amides is 1. The third-order valence-electron chi connectivity index (χ3n) is 4.03. The zero-order valence-corrected chi connectivity index (χ0v) is 15.9. The molecule has 0 unspecified atom stereocenters. The molecule has 2 aromatic carbocycles. The van der Waals surface area contributed by atoms with Crippen molar-refractivity contribution in [3.8, 4) is 0 Å². The summed E-state index contributed by atoms with van der Waals surface area (Å²) in [6.45, 7) is 1.89. The lowest BCUT2D eigenvalue weighted by Crippen LogP contribution is -2.24. The van der Waals surface area contributed by atoms with E-state index in [1.54, 1.807) is 43.3 Å². The number of anilines is 2. The summed E-state index contributed by atoms with van der Waals surface area (Å²) in [7, 11) is 1.30. The highest BCUT2D eigenvalue weighted by atomic mass is 19.1. The van der Waals surface area contributed by atoms with E-state index < -0.39 is 11.9 Å². The molecule has 148 valence electrons. The van der Waals surface area contributed by atoms with Crippen molar-refractivity contribution < 1.29 is 18.7 Å². The van der Waals surface area contributed by atoms with Crippen molar-refractivity contribution in [1.29, 1.82) is 0 Å². The molecule has 0 saturated heterocycles. The number of ether oxygens (including phenoxy) is 1. The average Bonchev–Trinajstić information content (AvgIpc) is 2.72. The van der Waals surface area contributed by atoms with E-state index in [2.05, 4.69) is 20.6 Å². The number of methoxy groups -OCH3 is 1. The Morgan fingerprint density at radius 2 is 1.79 bits per heavy atom. The predicted octanol–water partition coefficient (Wildman–Crippen LogP) is 3.38. The summed E-state index contributed by atoms with van der Waals surface area (Å²) in [6, 6.07) is 14.1. The lowest BCUT2D eigenvalue weighted by atomic mass is 10.2. The Kier molecular flexibility index (Phi) is 6.13. The van der Waals surface area contributed by atoms with Gasteiger partial charge in [0.25, 0.3) is 5.91 Å². The second-order valence-electron chi connectivity index (χ2n) is 6.16. The Labute approximate surface area is 167 Å². The number of carbonyl (C=O) groups is 2. The molecule has 0 aliphatic carbocycles. The van der Waals surface area contributed by atoms with E-state index in [-0.39, 0.29) is 18.1 Å². The number of aromatic nitrogens is 2. The molecule has 3 aromatic rings.